The number of likely N-dealkylation sites (tertiary alicyclic amines) is 1. The van der Waals surface area contributed by atoms with E-state index in [4.69, 9.17) is 21.4 Å². The van der Waals surface area contributed by atoms with Crippen LogP contribution in [-0.2, 0) is 14.3 Å². The molecule has 5 atom stereocenters. The van der Waals surface area contributed by atoms with E-state index in [0.29, 0.717) is 49.1 Å². The van der Waals surface area contributed by atoms with Gasteiger partial charge in [0, 0.05) is 35.2 Å². The highest BCUT2D eigenvalue weighted by atomic mass is 35.5. The fourth-order valence-electron chi connectivity index (χ4n) is 5.92. The van der Waals surface area contributed by atoms with Gasteiger partial charge in [0.15, 0.2) is 0 Å². The Morgan fingerprint density at radius 3 is 2.46 bits per heavy atom. The van der Waals surface area contributed by atoms with Crippen molar-refractivity contribution in [1.29, 1.82) is 0 Å². The molecule has 1 heterocycles. The summed E-state index contributed by atoms with van der Waals surface area (Å²) in [4.78, 5) is 26.0. The maximum atomic E-state index is 13.9. The number of nitrogens with zero attached hydrogens (tertiary/aromatic N) is 1. The molecule has 2 aliphatic rings. The van der Waals surface area contributed by atoms with Crippen molar-refractivity contribution in [2.45, 2.75) is 96.0 Å². The first-order valence-electron chi connectivity index (χ1n) is 12.9. The summed E-state index contributed by atoms with van der Waals surface area (Å²) >= 11 is 5.96. The fraction of sp³-hybridized carbons (Fsp3) is 0.704. The van der Waals surface area contributed by atoms with Crippen LogP contribution in [0, 0.1) is 11.8 Å². The summed E-state index contributed by atoms with van der Waals surface area (Å²) in [6, 6.07) is -0.685. The zero-order chi connectivity index (χ0) is 27.8. The molecule has 0 aromatic carbocycles. The Kier molecular flexibility index (Phi) is 11.7. The molecule has 1 aliphatic carbocycles. The molecule has 1 amide bonds. The van der Waals surface area contributed by atoms with Crippen molar-refractivity contribution in [1.82, 2.24) is 4.90 Å². The normalized spacial score (nSPS) is 27.1. The number of rotatable bonds is 10. The number of alkyl halides is 3. The largest absolute Gasteiger partial charge is 0.471 e. The van der Waals surface area contributed by atoms with Crippen LogP contribution in [0.25, 0.3) is 0 Å². The van der Waals surface area contributed by atoms with Gasteiger partial charge in [-0.15, -0.1) is 0 Å². The lowest BCUT2D eigenvalue weighted by Gasteiger charge is -2.54. The van der Waals surface area contributed by atoms with E-state index in [1.165, 1.54) is 12.2 Å². The minimum Gasteiger partial charge on any atom is -0.463 e. The van der Waals surface area contributed by atoms with Crippen LogP contribution in [0.1, 0.15) is 72.1 Å². The Bertz CT molecular complexity index is 888. The molecule has 6 nitrogen and oxygen atoms in total. The summed E-state index contributed by atoms with van der Waals surface area (Å²) in [5.41, 5.74) is -0.651. The van der Waals surface area contributed by atoms with E-state index >= 15 is 0 Å². The Labute approximate surface area is 222 Å². The zero-order valence-electron chi connectivity index (χ0n) is 21.8. The van der Waals surface area contributed by atoms with Gasteiger partial charge < -0.3 is 19.8 Å². The van der Waals surface area contributed by atoms with Crippen LogP contribution in [-0.4, -0.2) is 64.1 Å². The van der Waals surface area contributed by atoms with Crippen LogP contribution in [0.2, 0.25) is 0 Å². The monoisotopic (exact) mass is 549 g/mol. The van der Waals surface area contributed by atoms with E-state index in [1.807, 2.05) is 6.92 Å². The van der Waals surface area contributed by atoms with Crippen LogP contribution < -0.4 is 0 Å². The van der Waals surface area contributed by atoms with Crippen LogP contribution in [0.4, 0.5) is 13.2 Å². The van der Waals surface area contributed by atoms with Crippen molar-refractivity contribution in [3.63, 3.8) is 0 Å². The average Bonchev–Trinajstić information content (AvgIpc) is 3.23. The maximum Gasteiger partial charge on any atom is 0.471 e. The molecule has 0 bridgehead atoms. The second-order valence-corrected chi connectivity index (χ2v) is 10.5. The molecule has 0 aromatic rings. The first-order valence-corrected chi connectivity index (χ1v) is 13.3. The lowest BCUT2D eigenvalue weighted by atomic mass is 9.70. The molecule has 0 aromatic heterocycles. The molecule has 2 rings (SSSR count). The van der Waals surface area contributed by atoms with Crippen LogP contribution in [0.15, 0.2) is 34.9 Å². The predicted octanol–water partition coefficient (Wildman–Crippen LogP) is 5.43. The fourth-order valence-corrected chi connectivity index (χ4v) is 6.14. The number of ether oxygens (including phenoxy) is 1. The third kappa shape index (κ3) is 8.07. The molecule has 2 N–H and O–H groups in total. The van der Waals surface area contributed by atoms with Crippen molar-refractivity contribution < 1.29 is 37.7 Å². The minimum absolute atomic E-state index is 0.137. The highest BCUT2D eigenvalue weighted by Gasteiger charge is 2.58. The molecule has 1 spiro atoms. The lowest BCUT2D eigenvalue weighted by molar-refractivity contribution is -0.201. The number of carbonyl (C=O) groups excluding carboxylic acids is 2. The molecule has 1 aliphatic heterocycles. The Balaban J connectivity index is 2.36. The van der Waals surface area contributed by atoms with Crippen molar-refractivity contribution in [2.75, 3.05) is 13.2 Å². The molecule has 0 radical (unpaired) electrons. The Morgan fingerprint density at radius 1 is 1.22 bits per heavy atom. The number of halogens is 4. The summed E-state index contributed by atoms with van der Waals surface area (Å²) in [5.74, 6) is -2.79. The van der Waals surface area contributed by atoms with E-state index in [-0.39, 0.29) is 37.9 Å². The van der Waals surface area contributed by atoms with Gasteiger partial charge in [-0.3, -0.25) is 4.79 Å². The van der Waals surface area contributed by atoms with Crippen LogP contribution in [0.5, 0.6) is 0 Å². The zero-order valence-corrected chi connectivity index (χ0v) is 22.5. The maximum absolute atomic E-state index is 13.9. The number of aliphatic hydroxyl groups excluding tert-OH is 2. The number of hydrogen-bond acceptors (Lipinski definition) is 5. The van der Waals surface area contributed by atoms with Crippen molar-refractivity contribution in [2.24, 2.45) is 11.8 Å². The van der Waals surface area contributed by atoms with Gasteiger partial charge in [-0.05, 0) is 70.3 Å². The number of hydrogen-bond donors (Lipinski definition) is 2. The molecule has 2 fully saturated rings. The SMILES string of the molecule is CCOC(=O)/C(C)=C/C[C@H]1CCC[C@]2(CCC[C@@H]2[C@H](C)/C=C/C(O)/C=C(\Cl)CCO)N1C(=O)C(F)(F)F. The third-order valence-corrected chi connectivity index (χ3v) is 7.83. The molecule has 10 heteroatoms. The second-order valence-electron chi connectivity index (χ2n) is 9.99. The quantitative estimate of drug-likeness (QED) is 0.216. The highest BCUT2D eigenvalue weighted by molar-refractivity contribution is 6.29. The highest BCUT2D eigenvalue weighted by Crippen LogP contribution is 2.52. The van der Waals surface area contributed by atoms with Crippen molar-refractivity contribution in [3.05, 3.63) is 34.9 Å². The summed E-state index contributed by atoms with van der Waals surface area (Å²) < 4.78 is 46.6. The van der Waals surface area contributed by atoms with Gasteiger partial charge >= 0.3 is 18.1 Å². The number of allylic oxidation sites excluding steroid dienone is 1. The summed E-state index contributed by atoms with van der Waals surface area (Å²) in [7, 11) is 0. The predicted molar refractivity (Wildman–Crippen MR) is 136 cm³/mol. The number of aliphatic hydroxyl groups is 2. The molecular formula is C27H39ClF3NO5. The van der Waals surface area contributed by atoms with Gasteiger partial charge in [0.05, 0.1) is 12.7 Å². The van der Waals surface area contributed by atoms with Gasteiger partial charge in [0.25, 0.3) is 0 Å². The smallest absolute Gasteiger partial charge is 0.463 e. The number of amides is 1. The summed E-state index contributed by atoms with van der Waals surface area (Å²) in [6.07, 6.45) is 4.02. The van der Waals surface area contributed by atoms with Crippen LogP contribution in [0.3, 0.4) is 0 Å². The van der Waals surface area contributed by atoms with Gasteiger partial charge in [-0.2, -0.15) is 13.2 Å². The molecule has 1 unspecified atom stereocenters. The minimum atomic E-state index is -5.01. The van der Waals surface area contributed by atoms with Gasteiger partial charge in [0.1, 0.15) is 0 Å². The van der Waals surface area contributed by atoms with Gasteiger partial charge in [0.2, 0.25) is 0 Å². The first kappa shape index (κ1) is 31.4. The van der Waals surface area contributed by atoms with E-state index in [1.54, 1.807) is 26.0 Å². The van der Waals surface area contributed by atoms with E-state index in [9.17, 15) is 27.9 Å². The number of carbonyl (C=O) groups is 2. The first-order chi connectivity index (χ1) is 17.4. The average molecular weight is 550 g/mol. The molecule has 1 saturated heterocycles. The van der Waals surface area contributed by atoms with Gasteiger partial charge in [-0.25, -0.2) is 4.79 Å². The summed E-state index contributed by atoms with van der Waals surface area (Å²) in [6.45, 7) is 5.18. The molecular weight excluding hydrogens is 511 g/mol. The number of piperidine rings is 1. The summed E-state index contributed by atoms with van der Waals surface area (Å²) in [5, 5.41) is 19.5. The second kappa shape index (κ2) is 13.8. The van der Waals surface area contributed by atoms with E-state index in [2.05, 4.69) is 0 Å². The van der Waals surface area contributed by atoms with Crippen molar-refractivity contribution >= 4 is 23.5 Å². The Morgan fingerprint density at radius 2 is 1.86 bits per heavy atom. The topological polar surface area (TPSA) is 87.1 Å². The van der Waals surface area contributed by atoms with E-state index < -0.39 is 35.7 Å². The van der Waals surface area contributed by atoms with Crippen molar-refractivity contribution in [3.8, 4) is 0 Å². The standard InChI is InChI=1S/C27H39ClF3NO5/c1-4-37-24(35)19(3)9-11-21-7-5-14-26(32(21)25(36)27(29,30)31)15-6-8-23(26)18(2)10-12-22(34)17-20(28)13-16-33/h9-10,12,17-18,21-23,33-34H,4-8,11,13-16H2,1-3H3/b12-10+,19-9+,20-17-/t18-,21-,22?,23-,26-/m1/s1. The Hall–Kier alpha value is -1.84. The number of esters is 1. The van der Waals surface area contributed by atoms with Crippen LogP contribution >= 0.6 is 11.6 Å². The molecule has 37 heavy (non-hydrogen) atoms. The molecule has 1 saturated carbocycles. The third-order valence-electron chi connectivity index (χ3n) is 7.51. The molecule has 210 valence electrons. The van der Waals surface area contributed by atoms with E-state index in [0.717, 1.165) is 4.90 Å². The van der Waals surface area contributed by atoms with Gasteiger partial charge in [-0.1, -0.05) is 43.2 Å². The lowest BCUT2D eigenvalue weighted by Crippen LogP contribution is -2.64.